The van der Waals surface area contributed by atoms with Gasteiger partial charge in [0.15, 0.2) is 0 Å². The topological polar surface area (TPSA) is 135 Å². The molecule has 1 aliphatic carbocycles. The fourth-order valence-electron chi connectivity index (χ4n) is 1.65. The van der Waals surface area contributed by atoms with Crippen molar-refractivity contribution in [3.8, 4) is 0 Å². The summed E-state index contributed by atoms with van der Waals surface area (Å²) in [5.41, 5.74) is 2.16. The van der Waals surface area contributed by atoms with Crippen molar-refractivity contribution in [2.24, 2.45) is 11.8 Å². The van der Waals surface area contributed by atoms with Crippen LogP contribution in [-0.4, -0.2) is 28.9 Å². The number of amides is 1. The Morgan fingerprint density at radius 1 is 1.40 bits per heavy atom. The monoisotopic (exact) mass is 280 g/mol. The number of carbonyl (C=O) groups is 1. The number of pyridine rings is 1. The first-order chi connectivity index (χ1) is 9.60. The third kappa shape index (κ3) is 3.79. The minimum absolute atomic E-state index is 0.0584. The van der Waals surface area contributed by atoms with Crippen molar-refractivity contribution in [3.63, 3.8) is 0 Å². The van der Waals surface area contributed by atoms with Crippen LogP contribution < -0.4 is 21.9 Å². The van der Waals surface area contributed by atoms with Crippen LogP contribution in [0.1, 0.15) is 12.8 Å². The van der Waals surface area contributed by atoms with Gasteiger partial charge in [-0.3, -0.25) is 14.9 Å². The Morgan fingerprint density at radius 2 is 2.10 bits per heavy atom. The molecule has 1 heterocycles. The second-order valence-electron chi connectivity index (χ2n) is 4.49. The second-order valence-corrected chi connectivity index (χ2v) is 4.49. The number of aromatic nitrogens is 1. The number of hydrazine groups is 1. The van der Waals surface area contributed by atoms with E-state index < -0.39 is 4.92 Å². The standard InChI is InChI=1S/C11H16N6O3/c12-16-10-6-8(17(19)20)5-9(15-10)13-3-4-14-11(18)7-1-2-7/h5-7H,1-4,12H2,(H,14,18)(H2,13,15,16). The molecule has 9 heteroatoms. The summed E-state index contributed by atoms with van der Waals surface area (Å²) < 4.78 is 0. The van der Waals surface area contributed by atoms with Crippen LogP contribution in [0, 0.1) is 16.0 Å². The molecule has 0 spiro atoms. The highest BCUT2D eigenvalue weighted by Crippen LogP contribution is 2.28. The quantitative estimate of drug-likeness (QED) is 0.243. The number of anilines is 2. The van der Waals surface area contributed by atoms with Gasteiger partial charge in [0.25, 0.3) is 5.69 Å². The van der Waals surface area contributed by atoms with Crippen LogP contribution in [0.3, 0.4) is 0 Å². The van der Waals surface area contributed by atoms with E-state index in [-0.39, 0.29) is 23.3 Å². The van der Waals surface area contributed by atoms with Gasteiger partial charge in [-0.2, -0.15) is 0 Å². The predicted octanol–water partition coefficient (Wildman–Crippen LogP) is 0.213. The lowest BCUT2D eigenvalue weighted by Crippen LogP contribution is -2.30. The summed E-state index contributed by atoms with van der Waals surface area (Å²) in [6.45, 7) is 0.863. The van der Waals surface area contributed by atoms with Crippen LogP contribution in [0.5, 0.6) is 0 Å². The average Bonchev–Trinajstić information content (AvgIpc) is 3.27. The van der Waals surface area contributed by atoms with Crippen molar-refractivity contribution in [2.45, 2.75) is 12.8 Å². The molecule has 5 N–H and O–H groups in total. The molecule has 0 unspecified atom stereocenters. The first-order valence-corrected chi connectivity index (χ1v) is 6.25. The Labute approximate surface area is 115 Å². The smallest absolute Gasteiger partial charge is 0.276 e. The lowest BCUT2D eigenvalue weighted by atomic mass is 10.3. The molecule has 0 aliphatic heterocycles. The van der Waals surface area contributed by atoms with Crippen molar-refractivity contribution in [2.75, 3.05) is 23.8 Å². The van der Waals surface area contributed by atoms with Crippen molar-refractivity contribution in [3.05, 3.63) is 22.2 Å². The molecule has 0 radical (unpaired) electrons. The van der Waals surface area contributed by atoms with Crippen LogP contribution >= 0.6 is 0 Å². The van der Waals surface area contributed by atoms with Crippen LogP contribution in [0.2, 0.25) is 0 Å². The summed E-state index contributed by atoms with van der Waals surface area (Å²) >= 11 is 0. The fourth-order valence-corrected chi connectivity index (χ4v) is 1.65. The van der Waals surface area contributed by atoms with Crippen molar-refractivity contribution >= 4 is 23.2 Å². The molecule has 1 saturated carbocycles. The van der Waals surface area contributed by atoms with Gasteiger partial charge in [0.2, 0.25) is 5.91 Å². The zero-order chi connectivity index (χ0) is 14.5. The van der Waals surface area contributed by atoms with Crippen LogP contribution in [0.4, 0.5) is 17.3 Å². The van der Waals surface area contributed by atoms with E-state index in [4.69, 9.17) is 5.84 Å². The number of carbonyl (C=O) groups excluding carboxylic acids is 1. The Bertz CT molecular complexity index is 517. The Hall–Kier alpha value is -2.42. The SMILES string of the molecule is NNc1cc([N+](=O)[O-])cc(NCCNC(=O)C2CC2)n1. The van der Waals surface area contributed by atoms with Gasteiger partial charge in [0.05, 0.1) is 17.1 Å². The average molecular weight is 280 g/mol. The molecule has 20 heavy (non-hydrogen) atoms. The number of hydrogen-bond donors (Lipinski definition) is 4. The fraction of sp³-hybridized carbons (Fsp3) is 0.455. The van der Waals surface area contributed by atoms with Gasteiger partial charge in [-0.05, 0) is 12.8 Å². The van der Waals surface area contributed by atoms with E-state index in [9.17, 15) is 14.9 Å². The maximum absolute atomic E-state index is 11.4. The number of nitrogen functional groups attached to an aromatic ring is 1. The van der Waals surface area contributed by atoms with E-state index in [2.05, 4.69) is 21.0 Å². The molecule has 9 nitrogen and oxygen atoms in total. The molecule has 1 aliphatic rings. The summed E-state index contributed by atoms with van der Waals surface area (Å²) in [6.07, 6.45) is 1.91. The molecule has 0 bridgehead atoms. The van der Waals surface area contributed by atoms with Gasteiger partial charge in [-0.1, -0.05) is 0 Å². The van der Waals surface area contributed by atoms with E-state index in [1.165, 1.54) is 12.1 Å². The number of nitrogens with zero attached hydrogens (tertiary/aromatic N) is 2. The lowest BCUT2D eigenvalue weighted by Gasteiger charge is -2.08. The molecule has 1 fully saturated rings. The number of rotatable bonds is 7. The van der Waals surface area contributed by atoms with Crippen molar-refractivity contribution in [1.29, 1.82) is 0 Å². The van der Waals surface area contributed by atoms with Gasteiger partial charge in [0, 0.05) is 19.0 Å². The van der Waals surface area contributed by atoms with E-state index in [0.717, 1.165) is 12.8 Å². The first-order valence-electron chi connectivity index (χ1n) is 6.25. The first kappa shape index (κ1) is 14.0. The third-order valence-electron chi connectivity index (χ3n) is 2.85. The largest absolute Gasteiger partial charge is 0.368 e. The molecule has 1 aromatic heterocycles. The van der Waals surface area contributed by atoms with Crippen LogP contribution in [0.25, 0.3) is 0 Å². The summed E-state index contributed by atoms with van der Waals surface area (Å²) in [6, 6.07) is 2.55. The molecule has 0 aromatic carbocycles. The minimum Gasteiger partial charge on any atom is -0.368 e. The van der Waals surface area contributed by atoms with Gasteiger partial charge < -0.3 is 16.1 Å². The summed E-state index contributed by atoms with van der Waals surface area (Å²) in [7, 11) is 0. The zero-order valence-corrected chi connectivity index (χ0v) is 10.8. The lowest BCUT2D eigenvalue weighted by molar-refractivity contribution is -0.384. The molecular formula is C11H16N6O3. The number of nitro groups is 1. The summed E-state index contributed by atoms with van der Waals surface area (Å²) in [4.78, 5) is 25.6. The van der Waals surface area contributed by atoms with Crippen LogP contribution in [0.15, 0.2) is 12.1 Å². The van der Waals surface area contributed by atoms with Crippen molar-refractivity contribution < 1.29 is 9.72 Å². The molecule has 0 saturated heterocycles. The minimum atomic E-state index is -0.525. The van der Waals surface area contributed by atoms with Crippen LogP contribution in [-0.2, 0) is 4.79 Å². The van der Waals surface area contributed by atoms with E-state index in [0.29, 0.717) is 18.9 Å². The van der Waals surface area contributed by atoms with Gasteiger partial charge in [-0.15, -0.1) is 0 Å². The summed E-state index contributed by atoms with van der Waals surface area (Å²) in [5.74, 6) is 5.95. The number of nitrogens with one attached hydrogen (secondary N) is 3. The highest BCUT2D eigenvalue weighted by molar-refractivity contribution is 5.80. The highest BCUT2D eigenvalue weighted by Gasteiger charge is 2.28. The normalized spacial score (nSPS) is 13.7. The maximum Gasteiger partial charge on any atom is 0.276 e. The number of nitrogens with two attached hydrogens (primary N) is 1. The van der Waals surface area contributed by atoms with Gasteiger partial charge in [-0.25, -0.2) is 10.8 Å². The zero-order valence-electron chi connectivity index (χ0n) is 10.8. The predicted molar refractivity (Wildman–Crippen MR) is 72.9 cm³/mol. The Morgan fingerprint density at radius 3 is 2.70 bits per heavy atom. The molecule has 1 aromatic rings. The highest BCUT2D eigenvalue weighted by atomic mass is 16.6. The third-order valence-corrected chi connectivity index (χ3v) is 2.85. The number of hydrogen-bond acceptors (Lipinski definition) is 7. The Balaban J connectivity index is 1.86. The van der Waals surface area contributed by atoms with Gasteiger partial charge >= 0.3 is 0 Å². The van der Waals surface area contributed by atoms with Crippen molar-refractivity contribution in [1.82, 2.24) is 10.3 Å². The molecular weight excluding hydrogens is 264 g/mol. The molecule has 0 atom stereocenters. The second kappa shape index (κ2) is 6.15. The maximum atomic E-state index is 11.4. The molecule has 1 amide bonds. The van der Waals surface area contributed by atoms with E-state index in [1.54, 1.807) is 0 Å². The summed E-state index contributed by atoms with van der Waals surface area (Å²) in [5, 5.41) is 16.4. The molecule has 108 valence electrons. The Kier molecular flexibility index (Phi) is 4.31. The van der Waals surface area contributed by atoms with E-state index in [1.807, 2.05) is 0 Å². The van der Waals surface area contributed by atoms with E-state index >= 15 is 0 Å². The van der Waals surface area contributed by atoms with Gasteiger partial charge in [0.1, 0.15) is 11.6 Å². The molecule has 2 rings (SSSR count).